The van der Waals surface area contributed by atoms with E-state index >= 15 is 0 Å². The van der Waals surface area contributed by atoms with Gasteiger partial charge in [-0.15, -0.1) is 12.4 Å². The van der Waals surface area contributed by atoms with Crippen molar-refractivity contribution in [2.75, 3.05) is 18.9 Å². The highest BCUT2D eigenvalue weighted by molar-refractivity contribution is 7.89. The number of sulfonamides is 1. The summed E-state index contributed by atoms with van der Waals surface area (Å²) >= 11 is 0. The molecule has 0 radical (unpaired) electrons. The van der Waals surface area contributed by atoms with Crippen molar-refractivity contribution in [3.63, 3.8) is 0 Å². The molecule has 1 aliphatic rings. The van der Waals surface area contributed by atoms with Crippen molar-refractivity contribution in [3.05, 3.63) is 23.8 Å². The third-order valence-electron chi connectivity index (χ3n) is 3.39. The Kier molecular flexibility index (Phi) is 6.15. The van der Waals surface area contributed by atoms with E-state index in [0.29, 0.717) is 11.3 Å². The monoisotopic (exact) mass is 333 g/mol. The minimum atomic E-state index is -3.52. The van der Waals surface area contributed by atoms with Crippen molar-refractivity contribution in [2.45, 2.75) is 30.7 Å². The molecule has 1 atom stereocenters. The van der Waals surface area contributed by atoms with E-state index in [1.807, 2.05) is 0 Å². The molecule has 0 unspecified atom stereocenters. The molecule has 0 aliphatic carbocycles. The summed E-state index contributed by atoms with van der Waals surface area (Å²) < 4.78 is 26.0. The average molecular weight is 334 g/mol. The van der Waals surface area contributed by atoms with Crippen molar-refractivity contribution in [2.24, 2.45) is 0 Å². The lowest BCUT2D eigenvalue weighted by molar-refractivity contribution is -0.117. The fraction of sp³-hybridized carbons (Fsp3) is 0.462. The summed E-state index contributed by atoms with van der Waals surface area (Å²) in [7, 11) is -2.16. The molecule has 0 aromatic heterocycles. The summed E-state index contributed by atoms with van der Waals surface area (Å²) in [5.74, 6) is -0.126. The molecule has 6 nitrogen and oxygen atoms in total. The molecule has 0 bridgehead atoms. The van der Waals surface area contributed by atoms with E-state index in [-0.39, 0.29) is 29.3 Å². The number of halogens is 1. The molecule has 1 heterocycles. The molecule has 0 saturated carbocycles. The van der Waals surface area contributed by atoms with Crippen LogP contribution in [0.5, 0.6) is 0 Å². The highest BCUT2D eigenvalue weighted by Crippen LogP contribution is 2.20. The Hall–Kier alpha value is -1.15. The Bertz CT molecular complexity index is 613. The molecule has 1 aromatic carbocycles. The molecule has 1 fully saturated rings. The summed E-state index contributed by atoms with van der Waals surface area (Å²) in [6.45, 7) is 2.56. The van der Waals surface area contributed by atoms with E-state index in [0.717, 1.165) is 19.4 Å². The van der Waals surface area contributed by atoms with Crippen molar-refractivity contribution in [1.29, 1.82) is 0 Å². The molecule has 21 heavy (non-hydrogen) atoms. The van der Waals surface area contributed by atoms with Crippen LogP contribution >= 0.6 is 12.4 Å². The number of hydrogen-bond donors (Lipinski definition) is 3. The maximum atomic E-state index is 12.0. The molecule has 1 aliphatic heterocycles. The van der Waals surface area contributed by atoms with Gasteiger partial charge in [0.15, 0.2) is 0 Å². The molecule has 1 aromatic rings. The average Bonchev–Trinajstić information content (AvgIpc) is 2.95. The van der Waals surface area contributed by atoms with Gasteiger partial charge in [0.1, 0.15) is 0 Å². The number of benzene rings is 1. The number of amides is 1. The van der Waals surface area contributed by atoms with E-state index in [1.165, 1.54) is 13.1 Å². The quantitative estimate of drug-likeness (QED) is 0.767. The Balaban J connectivity index is 0.00000220. The number of carbonyl (C=O) groups excluding carboxylic acids is 1. The summed E-state index contributed by atoms with van der Waals surface area (Å²) in [4.78, 5) is 12.2. The second-order valence-electron chi connectivity index (χ2n) is 4.83. The smallest absolute Gasteiger partial charge is 0.241 e. The largest absolute Gasteiger partial charge is 0.325 e. The predicted octanol–water partition coefficient (Wildman–Crippen LogP) is 1.02. The van der Waals surface area contributed by atoms with Crippen LogP contribution in [0.4, 0.5) is 5.69 Å². The second-order valence-corrected chi connectivity index (χ2v) is 6.68. The van der Waals surface area contributed by atoms with Crippen LogP contribution in [0.2, 0.25) is 0 Å². The lowest BCUT2D eigenvalue weighted by Gasteiger charge is -2.13. The fourth-order valence-electron chi connectivity index (χ4n) is 2.22. The topological polar surface area (TPSA) is 87.3 Å². The van der Waals surface area contributed by atoms with Gasteiger partial charge in [0.2, 0.25) is 15.9 Å². The Labute approximate surface area is 131 Å². The number of rotatable bonds is 4. The Morgan fingerprint density at radius 2 is 2.10 bits per heavy atom. The first-order valence-corrected chi connectivity index (χ1v) is 8.01. The Morgan fingerprint density at radius 3 is 2.67 bits per heavy atom. The van der Waals surface area contributed by atoms with Gasteiger partial charge in [0, 0.05) is 5.69 Å². The minimum absolute atomic E-state index is 0. The highest BCUT2D eigenvalue weighted by atomic mass is 35.5. The third-order valence-corrected chi connectivity index (χ3v) is 4.95. The zero-order chi connectivity index (χ0) is 14.8. The number of anilines is 1. The first-order valence-electron chi connectivity index (χ1n) is 6.52. The molecule has 0 spiro atoms. The van der Waals surface area contributed by atoms with Gasteiger partial charge in [-0.1, -0.05) is 6.07 Å². The summed E-state index contributed by atoms with van der Waals surface area (Å²) in [5.41, 5.74) is 1.12. The van der Waals surface area contributed by atoms with Crippen LogP contribution in [-0.4, -0.2) is 34.0 Å². The summed E-state index contributed by atoms with van der Waals surface area (Å²) in [5, 5.41) is 5.86. The zero-order valence-electron chi connectivity index (χ0n) is 12.0. The van der Waals surface area contributed by atoms with Crippen molar-refractivity contribution >= 4 is 34.0 Å². The van der Waals surface area contributed by atoms with E-state index in [1.54, 1.807) is 19.1 Å². The molecule has 118 valence electrons. The fourth-order valence-corrected chi connectivity index (χ4v) is 3.21. The maximum absolute atomic E-state index is 12.0. The van der Waals surface area contributed by atoms with E-state index in [4.69, 9.17) is 0 Å². The lowest BCUT2D eigenvalue weighted by atomic mass is 10.2. The molecule has 2 rings (SSSR count). The summed E-state index contributed by atoms with van der Waals surface area (Å²) in [6, 6.07) is 4.67. The lowest BCUT2D eigenvalue weighted by Crippen LogP contribution is -2.35. The summed E-state index contributed by atoms with van der Waals surface area (Å²) in [6.07, 6.45) is 1.78. The van der Waals surface area contributed by atoms with Crippen molar-refractivity contribution in [1.82, 2.24) is 10.0 Å². The van der Waals surface area contributed by atoms with Gasteiger partial charge >= 0.3 is 0 Å². The van der Waals surface area contributed by atoms with Gasteiger partial charge in [-0.25, -0.2) is 13.1 Å². The van der Waals surface area contributed by atoms with Gasteiger partial charge in [-0.2, -0.15) is 0 Å². The number of carbonyl (C=O) groups is 1. The molecule has 1 saturated heterocycles. The van der Waals surface area contributed by atoms with Crippen LogP contribution in [0, 0.1) is 6.92 Å². The SMILES string of the molecule is CNS(=O)(=O)c1cc(NC(=O)[C@@H]2CCCN2)ccc1C.Cl. The van der Waals surface area contributed by atoms with Crippen LogP contribution in [0.1, 0.15) is 18.4 Å². The number of aryl methyl sites for hydroxylation is 1. The highest BCUT2D eigenvalue weighted by Gasteiger charge is 2.22. The van der Waals surface area contributed by atoms with Crippen LogP contribution in [-0.2, 0) is 14.8 Å². The normalized spacial score (nSPS) is 18.1. The van der Waals surface area contributed by atoms with Gasteiger partial charge in [-0.3, -0.25) is 4.79 Å². The Morgan fingerprint density at radius 1 is 1.38 bits per heavy atom. The van der Waals surface area contributed by atoms with Gasteiger partial charge in [0.05, 0.1) is 10.9 Å². The van der Waals surface area contributed by atoms with Crippen LogP contribution in [0.15, 0.2) is 23.1 Å². The van der Waals surface area contributed by atoms with Crippen LogP contribution < -0.4 is 15.4 Å². The molecular weight excluding hydrogens is 314 g/mol. The molecule has 3 N–H and O–H groups in total. The van der Waals surface area contributed by atoms with Crippen molar-refractivity contribution < 1.29 is 13.2 Å². The number of nitrogens with one attached hydrogen (secondary N) is 3. The zero-order valence-corrected chi connectivity index (χ0v) is 13.6. The molecule has 1 amide bonds. The second kappa shape index (κ2) is 7.22. The first-order chi connectivity index (χ1) is 9.44. The van der Waals surface area contributed by atoms with Gasteiger partial charge in [0.25, 0.3) is 0 Å². The van der Waals surface area contributed by atoms with Crippen LogP contribution in [0.25, 0.3) is 0 Å². The van der Waals surface area contributed by atoms with Gasteiger partial charge in [-0.05, 0) is 51.1 Å². The molecular formula is C13H20ClN3O3S. The standard InChI is InChI=1S/C13H19N3O3S.ClH/c1-9-5-6-10(8-12(9)20(18,19)14-2)16-13(17)11-4-3-7-15-11;/h5-6,8,11,14-15H,3-4,7H2,1-2H3,(H,16,17);1H/t11-;/m0./s1. The van der Waals surface area contributed by atoms with Crippen molar-refractivity contribution in [3.8, 4) is 0 Å². The maximum Gasteiger partial charge on any atom is 0.241 e. The van der Waals surface area contributed by atoms with E-state index in [9.17, 15) is 13.2 Å². The predicted molar refractivity (Wildman–Crippen MR) is 84.3 cm³/mol. The first kappa shape index (κ1) is 17.9. The van der Waals surface area contributed by atoms with E-state index in [2.05, 4.69) is 15.4 Å². The van der Waals surface area contributed by atoms with Crippen LogP contribution in [0.3, 0.4) is 0 Å². The number of hydrogen-bond acceptors (Lipinski definition) is 4. The third kappa shape index (κ3) is 4.16. The van der Waals surface area contributed by atoms with E-state index < -0.39 is 10.0 Å². The molecule has 8 heteroatoms. The van der Waals surface area contributed by atoms with Gasteiger partial charge < -0.3 is 10.6 Å². The minimum Gasteiger partial charge on any atom is -0.325 e.